The lowest BCUT2D eigenvalue weighted by Crippen LogP contribution is -2.21. The highest BCUT2D eigenvalue weighted by molar-refractivity contribution is 6.81. The van der Waals surface area contributed by atoms with Crippen LogP contribution in [0.2, 0.25) is 19.6 Å². The first-order chi connectivity index (χ1) is 7.87. The van der Waals surface area contributed by atoms with Gasteiger partial charge in [-0.05, 0) is 11.6 Å². The predicted octanol–water partition coefficient (Wildman–Crippen LogP) is 2.99. The van der Waals surface area contributed by atoms with Crippen molar-refractivity contribution >= 4 is 36.5 Å². The molecule has 0 unspecified atom stereocenters. The monoisotopic (exact) mass is 294 g/mol. The van der Waals surface area contributed by atoms with Crippen molar-refractivity contribution in [2.45, 2.75) is 19.6 Å². The van der Waals surface area contributed by atoms with Crippen molar-refractivity contribution in [2.24, 2.45) is 11.7 Å². The Labute approximate surface area is 114 Å². The number of rotatable bonds is 2. The Kier molecular flexibility index (Phi) is 12.0. The van der Waals surface area contributed by atoms with E-state index in [4.69, 9.17) is 23.2 Å². The molecule has 0 aliphatic carbocycles. The number of halogens is 2. The summed E-state index contributed by atoms with van der Waals surface area (Å²) in [6.07, 6.45) is 0. The minimum Gasteiger partial charge on any atom is -0.276 e. The van der Waals surface area contributed by atoms with Gasteiger partial charge in [0.2, 0.25) is 0 Å². The van der Waals surface area contributed by atoms with Crippen molar-refractivity contribution in [2.75, 3.05) is 5.50 Å². The first-order valence-electron chi connectivity index (χ1n) is 5.01. The first-order valence-corrected chi connectivity index (χ1v) is 9.63. The summed E-state index contributed by atoms with van der Waals surface area (Å²) in [5.41, 5.74) is 1.42. The highest BCUT2D eigenvalue weighted by Gasteiger charge is 2.08. The lowest BCUT2D eigenvalue weighted by atomic mass is 10.2. The minimum absolute atomic E-state index is 0.407. The van der Waals surface area contributed by atoms with E-state index in [-0.39, 0.29) is 0 Å². The molecule has 0 radical (unpaired) electrons. The Bertz CT molecular complexity index is 302. The van der Waals surface area contributed by atoms with Gasteiger partial charge in [-0.3, -0.25) is 16.5 Å². The van der Waals surface area contributed by atoms with Gasteiger partial charge in [0, 0.05) is 11.1 Å². The molecular weight excluding hydrogens is 275 g/mol. The van der Waals surface area contributed by atoms with Crippen LogP contribution in [0.1, 0.15) is 10.4 Å². The summed E-state index contributed by atoms with van der Waals surface area (Å²) in [5, 5.41) is -0.407. The van der Waals surface area contributed by atoms with Crippen molar-refractivity contribution in [1.82, 2.24) is 0 Å². The van der Waals surface area contributed by atoms with Gasteiger partial charge in [-0.1, -0.05) is 50.0 Å². The maximum atomic E-state index is 10.4. The molecule has 0 spiro atoms. The van der Waals surface area contributed by atoms with Crippen molar-refractivity contribution < 1.29 is 4.79 Å². The molecule has 0 fully saturated rings. The third-order valence-corrected chi connectivity index (χ3v) is 4.83. The fraction of sp³-hybridized carbons (Fsp3) is 0.364. The van der Waals surface area contributed by atoms with Crippen LogP contribution in [0, 0.1) is 0 Å². The van der Waals surface area contributed by atoms with Gasteiger partial charge in [-0.25, -0.2) is 0 Å². The van der Waals surface area contributed by atoms with Gasteiger partial charge in [-0.2, -0.15) is 0 Å². The second-order valence-corrected chi connectivity index (χ2v) is 10.9. The van der Waals surface area contributed by atoms with Gasteiger partial charge < -0.3 is 0 Å². The molecule has 0 heterocycles. The lowest BCUT2D eigenvalue weighted by molar-refractivity contribution is 0.108. The van der Waals surface area contributed by atoms with E-state index in [0.29, 0.717) is 5.56 Å². The number of hydrogen-bond acceptors (Lipinski definition) is 3. The highest BCUT2D eigenvalue weighted by atomic mass is 35.5. The molecule has 1 aromatic carbocycles. The number of carbonyl (C=O) groups excluding carboxylic acids is 1. The van der Waals surface area contributed by atoms with E-state index >= 15 is 0 Å². The molecule has 17 heavy (non-hydrogen) atoms. The predicted molar refractivity (Wildman–Crippen MR) is 79.1 cm³/mol. The highest BCUT2D eigenvalue weighted by Crippen LogP contribution is 2.01. The molecule has 4 N–H and O–H groups in total. The van der Waals surface area contributed by atoms with Crippen LogP contribution in [0.4, 0.5) is 0 Å². The first kappa shape index (κ1) is 19.0. The number of hydrazine groups is 1. The molecule has 0 saturated carbocycles. The zero-order valence-corrected chi connectivity index (χ0v) is 12.9. The van der Waals surface area contributed by atoms with Crippen molar-refractivity contribution in [1.29, 1.82) is 0 Å². The SMILES string of the molecule is C[Si](C)(C)CCl.NN.O=C(Cl)c1ccccc1. The Morgan fingerprint density at radius 2 is 1.53 bits per heavy atom. The van der Waals surface area contributed by atoms with E-state index in [1.54, 1.807) is 24.3 Å². The molecular formula is C11H20Cl2N2OSi. The standard InChI is InChI=1S/C7H5ClO.C4H11ClSi.H4N2/c8-7(9)6-4-2-1-3-5-6;1-6(2,3)4-5;1-2/h1-5H;4H2,1-3H3;1-2H2. The second-order valence-electron chi connectivity index (χ2n) is 4.33. The summed E-state index contributed by atoms with van der Waals surface area (Å²) in [5.74, 6) is 8.00. The number of carbonyl (C=O) groups is 1. The molecule has 3 nitrogen and oxygen atoms in total. The van der Waals surface area contributed by atoms with Crippen LogP contribution < -0.4 is 11.7 Å². The van der Waals surface area contributed by atoms with Crippen molar-refractivity contribution in [3.63, 3.8) is 0 Å². The molecule has 0 aliphatic rings. The Morgan fingerprint density at radius 3 is 1.71 bits per heavy atom. The zero-order chi connectivity index (χ0) is 13.9. The zero-order valence-electron chi connectivity index (χ0n) is 10.4. The van der Waals surface area contributed by atoms with Gasteiger partial charge in [0.05, 0.1) is 8.07 Å². The smallest absolute Gasteiger partial charge is 0.252 e. The largest absolute Gasteiger partial charge is 0.276 e. The third kappa shape index (κ3) is 13.5. The van der Waals surface area contributed by atoms with E-state index in [1.165, 1.54) is 0 Å². The molecule has 0 atom stereocenters. The van der Waals surface area contributed by atoms with Gasteiger partial charge >= 0.3 is 0 Å². The molecule has 0 aromatic heterocycles. The molecule has 0 amide bonds. The lowest BCUT2D eigenvalue weighted by Gasteiger charge is -2.07. The van der Waals surface area contributed by atoms with Crippen LogP contribution in [0.15, 0.2) is 30.3 Å². The van der Waals surface area contributed by atoms with Crippen LogP contribution >= 0.6 is 23.2 Å². The van der Waals surface area contributed by atoms with E-state index in [1.807, 2.05) is 6.07 Å². The number of alkyl halides is 1. The Morgan fingerprint density at radius 1 is 1.18 bits per heavy atom. The van der Waals surface area contributed by atoms with Gasteiger partial charge in [0.25, 0.3) is 5.24 Å². The van der Waals surface area contributed by atoms with Crippen molar-refractivity contribution in [3.05, 3.63) is 35.9 Å². The second kappa shape index (κ2) is 10.7. The molecule has 1 rings (SSSR count). The number of hydrogen-bond donors (Lipinski definition) is 2. The van der Waals surface area contributed by atoms with Gasteiger partial charge in [0.1, 0.15) is 0 Å². The van der Waals surface area contributed by atoms with Crippen LogP contribution in [-0.2, 0) is 0 Å². The summed E-state index contributed by atoms with van der Waals surface area (Å²) in [4.78, 5) is 10.4. The minimum atomic E-state index is -0.866. The average Bonchev–Trinajstić information content (AvgIpc) is 2.33. The summed E-state index contributed by atoms with van der Waals surface area (Å²) < 4.78 is 0. The van der Waals surface area contributed by atoms with E-state index in [0.717, 1.165) is 5.50 Å². The van der Waals surface area contributed by atoms with Crippen LogP contribution in [0.3, 0.4) is 0 Å². The van der Waals surface area contributed by atoms with Gasteiger partial charge in [-0.15, -0.1) is 11.6 Å². The maximum absolute atomic E-state index is 10.4. The maximum Gasteiger partial charge on any atom is 0.252 e. The average molecular weight is 295 g/mol. The summed E-state index contributed by atoms with van der Waals surface area (Å²) >= 11 is 10.7. The van der Waals surface area contributed by atoms with Crippen LogP contribution in [0.5, 0.6) is 0 Å². The normalized spacial score (nSPS) is 9.35. The van der Waals surface area contributed by atoms with Gasteiger partial charge in [0.15, 0.2) is 0 Å². The van der Waals surface area contributed by atoms with E-state index in [2.05, 4.69) is 31.3 Å². The van der Waals surface area contributed by atoms with E-state index in [9.17, 15) is 4.79 Å². The molecule has 1 aromatic rings. The molecule has 0 saturated heterocycles. The fourth-order valence-electron chi connectivity index (χ4n) is 0.569. The molecule has 6 heteroatoms. The molecule has 0 aliphatic heterocycles. The molecule has 98 valence electrons. The van der Waals surface area contributed by atoms with Crippen LogP contribution in [-0.4, -0.2) is 18.8 Å². The third-order valence-electron chi connectivity index (χ3n) is 1.40. The number of benzene rings is 1. The quantitative estimate of drug-likeness (QED) is 0.290. The summed E-state index contributed by atoms with van der Waals surface area (Å²) in [6.45, 7) is 6.75. The molecule has 0 bridgehead atoms. The number of nitrogens with two attached hydrogens (primary N) is 2. The Hall–Kier alpha value is -0.393. The topological polar surface area (TPSA) is 69.1 Å². The Balaban J connectivity index is 0. The van der Waals surface area contributed by atoms with E-state index < -0.39 is 13.3 Å². The summed E-state index contributed by atoms with van der Waals surface area (Å²) in [6, 6.07) is 8.74. The fourth-order valence-corrected chi connectivity index (χ4v) is 0.695. The summed E-state index contributed by atoms with van der Waals surface area (Å²) in [7, 11) is -0.866. The van der Waals surface area contributed by atoms with Crippen LogP contribution in [0.25, 0.3) is 0 Å². The van der Waals surface area contributed by atoms with Crippen molar-refractivity contribution in [3.8, 4) is 0 Å².